The summed E-state index contributed by atoms with van der Waals surface area (Å²) in [5.41, 5.74) is 6.23. The lowest BCUT2D eigenvalue weighted by Crippen LogP contribution is -2.45. The summed E-state index contributed by atoms with van der Waals surface area (Å²) in [5, 5.41) is 2.79. The van der Waals surface area contributed by atoms with E-state index in [1.807, 2.05) is 26.8 Å². The van der Waals surface area contributed by atoms with Gasteiger partial charge in [-0.1, -0.05) is 36.7 Å². The van der Waals surface area contributed by atoms with Gasteiger partial charge in [-0.25, -0.2) is 0 Å². The number of ether oxygens (including phenoxy) is 1. The summed E-state index contributed by atoms with van der Waals surface area (Å²) in [7, 11) is 1.56. The minimum absolute atomic E-state index is 0.223. The number of methoxy groups -OCH3 is 1. The second-order valence-corrected chi connectivity index (χ2v) is 6.09. The van der Waals surface area contributed by atoms with Crippen LogP contribution in [0.2, 0.25) is 0 Å². The van der Waals surface area contributed by atoms with E-state index in [1.54, 1.807) is 19.2 Å². The zero-order valence-electron chi connectivity index (χ0n) is 11.1. The summed E-state index contributed by atoms with van der Waals surface area (Å²) < 4.78 is 6.05. The van der Waals surface area contributed by atoms with Gasteiger partial charge >= 0.3 is 0 Å². The highest BCUT2D eigenvalue weighted by Gasteiger charge is 2.27. The Hall–Kier alpha value is -1.07. The monoisotopic (exact) mass is 314 g/mol. The van der Waals surface area contributed by atoms with Crippen molar-refractivity contribution in [3.63, 3.8) is 0 Å². The van der Waals surface area contributed by atoms with Gasteiger partial charge in [-0.05, 0) is 23.6 Å². The fourth-order valence-electron chi connectivity index (χ4n) is 1.38. The Bertz CT molecular complexity index is 441. The molecule has 18 heavy (non-hydrogen) atoms. The smallest absolute Gasteiger partial charge is 0.241 e. The van der Waals surface area contributed by atoms with Crippen LogP contribution in [-0.4, -0.2) is 19.1 Å². The molecule has 4 nitrogen and oxygen atoms in total. The van der Waals surface area contributed by atoms with Gasteiger partial charge in [-0.3, -0.25) is 4.79 Å². The number of benzene rings is 1. The van der Waals surface area contributed by atoms with Crippen LogP contribution in [0.25, 0.3) is 0 Å². The standard InChI is InChI=1S/C13H19BrN2O2/c1-13(2,3)11(15)12(17)16-9-7-8(14)5-6-10(9)18-4/h5-7,11H,15H2,1-4H3,(H,16,17)/t11-/m0/s1. The van der Waals surface area contributed by atoms with Crippen molar-refractivity contribution in [2.24, 2.45) is 11.1 Å². The minimum atomic E-state index is -0.582. The molecular weight excluding hydrogens is 296 g/mol. The summed E-state index contributed by atoms with van der Waals surface area (Å²) >= 11 is 3.35. The van der Waals surface area contributed by atoms with Crippen molar-refractivity contribution in [3.8, 4) is 5.75 Å². The molecular formula is C13H19BrN2O2. The average Bonchev–Trinajstić information content (AvgIpc) is 2.27. The number of anilines is 1. The molecule has 0 aliphatic rings. The molecule has 0 heterocycles. The van der Waals surface area contributed by atoms with Crippen LogP contribution in [0.5, 0.6) is 5.75 Å². The largest absolute Gasteiger partial charge is 0.495 e. The van der Waals surface area contributed by atoms with Crippen LogP contribution in [0.3, 0.4) is 0 Å². The van der Waals surface area contributed by atoms with Crippen LogP contribution in [0.15, 0.2) is 22.7 Å². The predicted molar refractivity (Wildman–Crippen MR) is 76.8 cm³/mol. The molecule has 0 fully saturated rings. The Morgan fingerprint density at radius 2 is 2.06 bits per heavy atom. The van der Waals surface area contributed by atoms with Gasteiger partial charge in [-0.2, -0.15) is 0 Å². The number of carbonyl (C=O) groups is 1. The van der Waals surface area contributed by atoms with Crippen molar-refractivity contribution < 1.29 is 9.53 Å². The van der Waals surface area contributed by atoms with Crippen LogP contribution in [-0.2, 0) is 4.79 Å². The van der Waals surface area contributed by atoms with E-state index in [9.17, 15) is 4.79 Å². The Morgan fingerprint density at radius 3 is 2.56 bits per heavy atom. The lowest BCUT2D eigenvalue weighted by Gasteiger charge is -2.26. The molecule has 0 saturated heterocycles. The topological polar surface area (TPSA) is 64.3 Å². The third-order valence-electron chi connectivity index (χ3n) is 2.63. The summed E-state index contributed by atoms with van der Waals surface area (Å²) in [5.74, 6) is 0.381. The van der Waals surface area contributed by atoms with Crippen LogP contribution >= 0.6 is 15.9 Å². The molecule has 100 valence electrons. The van der Waals surface area contributed by atoms with Crippen molar-refractivity contribution in [2.45, 2.75) is 26.8 Å². The Balaban J connectivity index is 2.91. The Labute approximate surface area is 116 Å². The van der Waals surface area contributed by atoms with Gasteiger partial charge in [0, 0.05) is 4.47 Å². The van der Waals surface area contributed by atoms with Crippen molar-refractivity contribution in [3.05, 3.63) is 22.7 Å². The molecule has 0 radical (unpaired) electrons. The molecule has 0 aliphatic heterocycles. The van der Waals surface area contributed by atoms with E-state index in [-0.39, 0.29) is 11.3 Å². The molecule has 0 aromatic heterocycles. The molecule has 1 atom stereocenters. The first-order chi connectivity index (χ1) is 8.25. The highest BCUT2D eigenvalue weighted by Crippen LogP contribution is 2.28. The average molecular weight is 315 g/mol. The van der Waals surface area contributed by atoms with Crippen LogP contribution in [0.1, 0.15) is 20.8 Å². The first-order valence-corrected chi connectivity index (χ1v) is 6.45. The summed E-state index contributed by atoms with van der Waals surface area (Å²) in [6.07, 6.45) is 0. The van der Waals surface area contributed by atoms with Gasteiger partial charge in [0.2, 0.25) is 5.91 Å². The zero-order chi connectivity index (χ0) is 13.9. The fraction of sp³-hybridized carbons (Fsp3) is 0.462. The molecule has 1 aromatic rings. The maximum atomic E-state index is 12.0. The van der Waals surface area contributed by atoms with E-state index < -0.39 is 6.04 Å². The van der Waals surface area contributed by atoms with Crippen molar-refractivity contribution in [1.29, 1.82) is 0 Å². The third-order valence-corrected chi connectivity index (χ3v) is 3.13. The number of halogens is 1. The predicted octanol–water partition coefficient (Wildman–Crippen LogP) is 2.77. The van der Waals surface area contributed by atoms with E-state index in [2.05, 4.69) is 21.2 Å². The van der Waals surface area contributed by atoms with E-state index in [0.717, 1.165) is 4.47 Å². The number of nitrogens with two attached hydrogens (primary N) is 1. The van der Waals surface area contributed by atoms with Gasteiger partial charge in [0.05, 0.1) is 18.8 Å². The molecule has 1 aromatic carbocycles. The highest BCUT2D eigenvalue weighted by molar-refractivity contribution is 9.10. The molecule has 1 amide bonds. The van der Waals surface area contributed by atoms with Crippen molar-refractivity contribution in [1.82, 2.24) is 0 Å². The SMILES string of the molecule is COc1ccc(Br)cc1NC(=O)[C@H](N)C(C)(C)C. The second kappa shape index (κ2) is 5.71. The lowest BCUT2D eigenvalue weighted by atomic mass is 9.87. The highest BCUT2D eigenvalue weighted by atomic mass is 79.9. The quantitative estimate of drug-likeness (QED) is 0.901. The Morgan fingerprint density at radius 1 is 1.44 bits per heavy atom. The van der Waals surface area contributed by atoms with Crippen LogP contribution in [0.4, 0.5) is 5.69 Å². The molecule has 0 saturated carbocycles. The first kappa shape index (κ1) is 15.0. The first-order valence-electron chi connectivity index (χ1n) is 5.65. The van der Waals surface area contributed by atoms with Crippen LogP contribution in [0, 0.1) is 5.41 Å². The van der Waals surface area contributed by atoms with Gasteiger partial charge in [-0.15, -0.1) is 0 Å². The number of amides is 1. The third kappa shape index (κ3) is 3.71. The number of hydrogen-bond acceptors (Lipinski definition) is 3. The zero-order valence-corrected chi connectivity index (χ0v) is 12.7. The number of nitrogens with one attached hydrogen (secondary N) is 1. The molecule has 0 aliphatic carbocycles. The van der Waals surface area contributed by atoms with Crippen molar-refractivity contribution in [2.75, 3.05) is 12.4 Å². The van der Waals surface area contributed by atoms with Crippen molar-refractivity contribution >= 4 is 27.5 Å². The Kier molecular flexibility index (Phi) is 4.76. The lowest BCUT2D eigenvalue weighted by molar-refractivity contribution is -0.119. The maximum Gasteiger partial charge on any atom is 0.241 e. The normalized spacial score (nSPS) is 13.0. The molecule has 0 unspecified atom stereocenters. The van der Waals surface area contributed by atoms with E-state index in [4.69, 9.17) is 10.5 Å². The molecule has 5 heteroatoms. The second-order valence-electron chi connectivity index (χ2n) is 5.18. The number of carbonyl (C=O) groups excluding carboxylic acids is 1. The minimum Gasteiger partial charge on any atom is -0.495 e. The summed E-state index contributed by atoms with van der Waals surface area (Å²) in [6.45, 7) is 5.78. The van der Waals surface area contributed by atoms with Gasteiger partial charge < -0.3 is 15.8 Å². The fourth-order valence-corrected chi connectivity index (χ4v) is 1.74. The van der Waals surface area contributed by atoms with E-state index >= 15 is 0 Å². The van der Waals surface area contributed by atoms with Gasteiger partial charge in [0.15, 0.2) is 0 Å². The molecule has 0 spiro atoms. The van der Waals surface area contributed by atoms with Gasteiger partial charge in [0.25, 0.3) is 0 Å². The summed E-state index contributed by atoms with van der Waals surface area (Å²) in [6, 6.07) is 4.83. The number of hydrogen-bond donors (Lipinski definition) is 2. The van der Waals surface area contributed by atoms with E-state index in [1.165, 1.54) is 0 Å². The van der Waals surface area contributed by atoms with Gasteiger partial charge in [0.1, 0.15) is 5.75 Å². The molecule has 3 N–H and O–H groups in total. The molecule has 1 rings (SSSR count). The molecule has 0 bridgehead atoms. The van der Waals surface area contributed by atoms with E-state index in [0.29, 0.717) is 11.4 Å². The number of rotatable bonds is 3. The maximum absolute atomic E-state index is 12.0. The summed E-state index contributed by atoms with van der Waals surface area (Å²) in [4.78, 5) is 12.0. The van der Waals surface area contributed by atoms with Crippen LogP contribution < -0.4 is 15.8 Å².